The van der Waals surface area contributed by atoms with E-state index in [4.69, 9.17) is 11.6 Å². The van der Waals surface area contributed by atoms with Gasteiger partial charge in [-0.15, -0.1) is 0 Å². The van der Waals surface area contributed by atoms with Crippen molar-refractivity contribution in [1.82, 2.24) is 15.2 Å². The Morgan fingerprint density at radius 2 is 1.93 bits per heavy atom. The Hall–Kier alpha value is -2.70. The van der Waals surface area contributed by atoms with Gasteiger partial charge in [-0.3, -0.25) is 9.48 Å². The van der Waals surface area contributed by atoms with Gasteiger partial charge in [0, 0.05) is 11.2 Å². The number of halogens is 2. The number of amides is 1. The lowest BCUT2D eigenvalue weighted by molar-refractivity contribution is 0.0948. The second-order valence-corrected chi connectivity index (χ2v) is 7.38. The molecule has 0 aliphatic carbocycles. The maximum absolute atomic E-state index is 12.4. The molecular formula is C21H18BrClN4O. The summed E-state index contributed by atoms with van der Waals surface area (Å²) >= 11 is 9.29. The maximum atomic E-state index is 12.4. The summed E-state index contributed by atoms with van der Waals surface area (Å²) in [7, 11) is 0. The molecule has 0 saturated heterocycles. The van der Waals surface area contributed by atoms with Crippen molar-refractivity contribution in [2.75, 3.05) is 0 Å². The number of hydrazone groups is 1. The molecule has 0 radical (unpaired) electrons. The van der Waals surface area contributed by atoms with Crippen LogP contribution in [0.25, 0.3) is 6.08 Å². The fourth-order valence-electron chi connectivity index (χ4n) is 2.42. The van der Waals surface area contributed by atoms with Gasteiger partial charge < -0.3 is 0 Å². The van der Waals surface area contributed by atoms with Gasteiger partial charge in [-0.25, -0.2) is 5.43 Å². The predicted octanol–water partition coefficient (Wildman–Crippen LogP) is 5.17. The summed E-state index contributed by atoms with van der Waals surface area (Å²) in [5, 5.41) is 9.12. The Bertz CT molecular complexity index is 1010. The minimum absolute atomic E-state index is 0.276. The molecule has 0 atom stereocenters. The number of carbonyl (C=O) groups excluding carboxylic acids is 1. The molecule has 28 heavy (non-hydrogen) atoms. The lowest BCUT2D eigenvalue weighted by atomic mass is 10.2. The molecule has 3 aromatic rings. The molecule has 7 heteroatoms. The molecule has 1 amide bonds. The second-order valence-electron chi connectivity index (χ2n) is 6.09. The van der Waals surface area contributed by atoms with Crippen molar-refractivity contribution in [2.24, 2.45) is 5.10 Å². The summed E-state index contributed by atoms with van der Waals surface area (Å²) in [5.74, 6) is -0.380. The van der Waals surface area contributed by atoms with E-state index in [1.54, 1.807) is 10.9 Å². The van der Waals surface area contributed by atoms with Gasteiger partial charge >= 0.3 is 0 Å². The van der Waals surface area contributed by atoms with E-state index < -0.39 is 0 Å². The van der Waals surface area contributed by atoms with Crippen LogP contribution in [0.4, 0.5) is 0 Å². The van der Waals surface area contributed by atoms with Crippen molar-refractivity contribution in [3.63, 3.8) is 0 Å². The third-order valence-corrected chi connectivity index (χ3v) is 4.67. The summed E-state index contributed by atoms with van der Waals surface area (Å²) in [6, 6.07) is 17.4. The predicted molar refractivity (Wildman–Crippen MR) is 117 cm³/mol. The molecular weight excluding hydrogens is 440 g/mol. The SMILES string of the molecule is CC(C=Cc1ccccc1)=NNC(=O)c1nn(Cc2ccc(Cl)cc2)cc1Br. The molecule has 0 spiro atoms. The Morgan fingerprint density at radius 3 is 2.64 bits per heavy atom. The van der Waals surface area contributed by atoms with Gasteiger partial charge in [0.15, 0.2) is 5.69 Å². The highest BCUT2D eigenvalue weighted by atomic mass is 79.9. The molecule has 1 N–H and O–H groups in total. The highest BCUT2D eigenvalue weighted by Gasteiger charge is 2.15. The van der Waals surface area contributed by atoms with Gasteiger partial charge in [0.25, 0.3) is 5.91 Å². The number of nitrogens with one attached hydrogen (secondary N) is 1. The first-order valence-corrected chi connectivity index (χ1v) is 9.73. The third-order valence-electron chi connectivity index (χ3n) is 3.84. The number of carbonyl (C=O) groups is 1. The van der Waals surface area contributed by atoms with Gasteiger partial charge in [0.2, 0.25) is 0 Å². The number of hydrogen-bond acceptors (Lipinski definition) is 3. The number of rotatable bonds is 6. The monoisotopic (exact) mass is 456 g/mol. The molecule has 142 valence electrons. The van der Waals surface area contributed by atoms with Crippen LogP contribution < -0.4 is 5.43 Å². The maximum Gasteiger partial charge on any atom is 0.293 e. The number of hydrogen-bond donors (Lipinski definition) is 1. The van der Waals surface area contributed by atoms with E-state index >= 15 is 0 Å². The van der Waals surface area contributed by atoms with E-state index in [9.17, 15) is 4.79 Å². The summed E-state index contributed by atoms with van der Waals surface area (Å²) in [5.41, 5.74) is 5.58. The number of allylic oxidation sites excluding steroid dienone is 1. The van der Waals surface area contributed by atoms with Crippen LogP contribution in [0, 0.1) is 0 Å². The first-order valence-electron chi connectivity index (χ1n) is 8.56. The fourth-order valence-corrected chi connectivity index (χ4v) is 3.04. The number of aromatic nitrogens is 2. The standard InChI is InChI=1S/C21H18BrClN4O/c1-15(7-8-16-5-3-2-4-6-16)24-25-21(28)20-19(22)14-27(26-20)13-17-9-11-18(23)12-10-17/h2-12,14H,13H2,1H3,(H,25,28). The van der Waals surface area contributed by atoms with E-state index in [-0.39, 0.29) is 11.6 Å². The van der Waals surface area contributed by atoms with Gasteiger partial charge in [-0.05, 0) is 52.2 Å². The Labute approximate surface area is 176 Å². The smallest absolute Gasteiger partial charge is 0.266 e. The van der Waals surface area contributed by atoms with Gasteiger partial charge in [0.05, 0.1) is 16.7 Å². The van der Waals surface area contributed by atoms with Crippen LogP contribution >= 0.6 is 27.5 Å². The molecule has 3 rings (SSSR count). The minimum atomic E-state index is -0.380. The van der Waals surface area contributed by atoms with E-state index in [1.165, 1.54) is 0 Å². The van der Waals surface area contributed by atoms with Gasteiger partial charge in [-0.2, -0.15) is 10.2 Å². The molecule has 0 aliphatic heterocycles. The van der Waals surface area contributed by atoms with Crippen molar-refractivity contribution in [3.8, 4) is 0 Å². The highest BCUT2D eigenvalue weighted by molar-refractivity contribution is 9.10. The molecule has 2 aromatic carbocycles. The number of benzene rings is 2. The Balaban J connectivity index is 1.63. The van der Waals surface area contributed by atoms with E-state index in [2.05, 4.69) is 31.6 Å². The average molecular weight is 458 g/mol. The van der Waals surface area contributed by atoms with Crippen molar-refractivity contribution in [1.29, 1.82) is 0 Å². The molecule has 0 fully saturated rings. The zero-order valence-electron chi connectivity index (χ0n) is 15.1. The highest BCUT2D eigenvalue weighted by Crippen LogP contribution is 2.17. The van der Waals surface area contributed by atoms with Crippen molar-refractivity contribution >= 4 is 45.2 Å². The first kappa shape index (κ1) is 20.0. The normalized spacial score (nSPS) is 11.8. The molecule has 0 aliphatic rings. The van der Waals surface area contributed by atoms with E-state index in [0.29, 0.717) is 21.8 Å². The molecule has 5 nitrogen and oxygen atoms in total. The largest absolute Gasteiger partial charge is 0.293 e. The average Bonchev–Trinajstić information content (AvgIpc) is 3.07. The van der Waals surface area contributed by atoms with Crippen molar-refractivity contribution in [3.05, 3.63) is 93.2 Å². The van der Waals surface area contributed by atoms with Crippen molar-refractivity contribution < 1.29 is 4.79 Å². The third kappa shape index (κ3) is 5.65. The fraction of sp³-hybridized carbons (Fsp3) is 0.0952. The summed E-state index contributed by atoms with van der Waals surface area (Å²) in [6.45, 7) is 2.35. The zero-order valence-corrected chi connectivity index (χ0v) is 17.5. The van der Waals surface area contributed by atoms with Crippen molar-refractivity contribution in [2.45, 2.75) is 13.5 Å². The molecule has 0 bridgehead atoms. The summed E-state index contributed by atoms with van der Waals surface area (Å²) < 4.78 is 2.29. The van der Waals surface area contributed by atoms with Crippen LogP contribution in [-0.2, 0) is 6.54 Å². The topological polar surface area (TPSA) is 59.3 Å². The van der Waals surface area contributed by atoms with E-state index in [0.717, 1.165) is 11.1 Å². The molecule has 0 unspecified atom stereocenters. The van der Waals surface area contributed by atoms with Crippen LogP contribution in [0.1, 0.15) is 28.5 Å². The molecule has 0 saturated carbocycles. The number of nitrogens with zero attached hydrogens (tertiary/aromatic N) is 3. The lowest BCUT2D eigenvalue weighted by Crippen LogP contribution is -2.20. The van der Waals surface area contributed by atoms with Crippen LogP contribution in [0.3, 0.4) is 0 Å². The van der Waals surface area contributed by atoms with E-state index in [1.807, 2.05) is 73.7 Å². The first-order chi connectivity index (χ1) is 13.5. The quantitative estimate of drug-likeness (QED) is 0.410. The zero-order chi connectivity index (χ0) is 19.9. The lowest BCUT2D eigenvalue weighted by Gasteiger charge is -2.02. The Kier molecular flexibility index (Phi) is 6.79. The van der Waals surface area contributed by atoms with Gasteiger partial charge in [0.1, 0.15) is 0 Å². The molecule has 1 heterocycles. The van der Waals surface area contributed by atoms with Crippen LogP contribution in [0.15, 0.2) is 76.4 Å². The Morgan fingerprint density at radius 1 is 1.21 bits per heavy atom. The summed E-state index contributed by atoms with van der Waals surface area (Å²) in [4.78, 5) is 12.4. The summed E-state index contributed by atoms with van der Waals surface area (Å²) in [6.07, 6.45) is 5.53. The minimum Gasteiger partial charge on any atom is -0.266 e. The second kappa shape index (κ2) is 9.48. The van der Waals surface area contributed by atoms with Crippen LogP contribution in [-0.4, -0.2) is 21.4 Å². The van der Waals surface area contributed by atoms with Crippen LogP contribution in [0.5, 0.6) is 0 Å². The van der Waals surface area contributed by atoms with Crippen LogP contribution in [0.2, 0.25) is 5.02 Å². The molecule has 1 aromatic heterocycles. The van der Waals surface area contributed by atoms with Gasteiger partial charge in [-0.1, -0.05) is 60.1 Å².